The van der Waals surface area contributed by atoms with Gasteiger partial charge in [-0.05, 0) is 40.5 Å². The molecule has 0 saturated carbocycles. The molecule has 0 spiro atoms. The van der Waals surface area contributed by atoms with Gasteiger partial charge in [0.15, 0.2) is 0 Å². The predicted octanol–water partition coefficient (Wildman–Crippen LogP) is 5.38. The third kappa shape index (κ3) is 12.4. The molecule has 0 aliphatic rings. The summed E-state index contributed by atoms with van der Waals surface area (Å²) in [7, 11) is 0. The molecule has 154 valence electrons. The highest BCUT2D eigenvalue weighted by molar-refractivity contribution is 5.86. The zero-order valence-corrected chi connectivity index (χ0v) is 17.4. The van der Waals surface area contributed by atoms with Crippen LogP contribution in [0, 0.1) is 0 Å². The standard InChI is InChI=1S/C21H40O5/c1-6-24-21(25-7-2,26-8-3)17-15-13-11-9-10-12-14-16-18-23-20(22)19(4)5/h4,6-18H2,1-3,5H3. The van der Waals surface area contributed by atoms with Crippen molar-refractivity contribution in [3.8, 4) is 0 Å². The quantitative estimate of drug-likeness (QED) is 0.140. The average molecular weight is 373 g/mol. The van der Waals surface area contributed by atoms with Crippen LogP contribution < -0.4 is 0 Å². The predicted molar refractivity (Wildman–Crippen MR) is 105 cm³/mol. The van der Waals surface area contributed by atoms with Crippen molar-refractivity contribution >= 4 is 5.97 Å². The van der Waals surface area contributed by atoms with Crippen molar-refractivity contribution in [1.82, 2.24) is 0 Å². The van der Waals surface area contributed by atoms with Gasteiger partial charge < -0.3 is 18.9 Å². The fourth-order valence-corrected chi connectivity index (χ4v) is 2.79. The van der Waals surface area contributed by atoms with Gasteiger partial charge in [-0.1, -0.05) is 45.1 Å². The van der Waals surface area contributed by atoms with Gasteiger partial charge in [-0.15, -0.1) is 0 Å². The second kappa shape index (κ2) is 16.3. The summed E-state index contributed by atoms with van der Waals surface area (Å²) in [6.07, 6.45) is 9.86. The number of rotatable bonds is 18. The lowest BCUT2D eigenvalue weighted by atomic mass is 10.1. The molecule has 0 aliphatic heterocycles. The average Bonchev–Trinajstić information content (AvgIpc) is 2.60. The van der Waals surface area contributed by atoms with Crippen LogP contribution in [-0.2, 0) is 23.7 Å². The second-order valence-corrected chi connectivity index (χ2v) is 6.48. The Labute approximate surface area is 160 Å². The lowest BCUT2D eigenvalue weighted by Gasteiger charge is -2.32. The second-order valence-electron chi connectivity index (χ2n) is 6.48. The first-order valence-corrected chi connectivity index (χ1v) is 10.3. The lowest BCUT2D eigenvalue weighted by Crippen LogP contribution is -2.39. The molecule has 0 unspecified atom stereocenters. The van der Waals surface area contributed by atoms with E-state index in [9.17, 15) is 4.79 Å². The van der Waals surface area contributed by atoms with Crippen molar-refractivity contribution in [2.24, 2.45) is 0 Å². The molecule has 0 aromatic carbocycles. The Hall–Kier alpha value is -0.910. The van der Waals surface area contributed by atoms with Crippen molar-refractivity contribution in [3.63, 3.8) is 0 Å². The Morgan fingerprint density at radius 3 is 1.62 bits per heavy atom. The first-order valence-electron chi connectivity index (χ1n) is 10.3. The Kier molecular flexibility index (Phi) is 15.7. The third-order valence-electron chi connectivity index (χ3n) is 4.05. The monoisotopic (exact) mass is 372 g/mol. The zero-order valence-electron chi connectivity index (χ0n) is 17.4. The summed E-state index contributed by atoms with van der Waals surface area (Å²) >= 11 is 0. The van der Waals surface area contributed by atoms with Crippen LogP contribution in [-0.4, -0.2) is 38.4 Å². The third-order valence-corrected chi connectivity index (χ3v) is 4.05. The van der Waals surface area contributed by atoms with Crippen LogP contribution in [0.25, 0.3) is 0 Å². The minimum Gasteiger partial charge on any atom is -0.462 e. The summed E-state index contributed by atoms with van der Waals surface area (Å²) in [6, 6.07) is 0. The molecular formula is C21H40O5. The van der Waals surface area contributed by atoms with Crippen LogP contribution in [0.15, 0.2) is 12.2 Å². The number of hydrogen-bond acceptors (Lipinski definition) is 5. The van der Waals surface area contributed by atoms with E-state index in [1.54, 1.807) is 6.92 Å². The molecule has 0 radical (unpaired) electrons. The number of ether oxygens (including phenoxy) is 4. The van der Waals surface area contributed by atoms with Gasteiger partial charge in [0.2, 0.25) is 0 Å². The number of hydrogen-bond donors (Lipinski definition) is 0. The van der Waals surface area contributed by atoms with Gasteiger partial charge in [0.1, 0.15) is 0 Å². The zero-order chi connectivity index (χ0) is 19.7. The maximum Gasteiger partial charge on any atom is 0.333 e. The lowest BCUT2D eigenvalue weighted by molar-refractivity contribution is -0.380. The Bertz CT molecular complexity index is 350. The van der Waals surface area contributed by atoms with Gasteiger partial charge in [-0.25, -0.2) is 4.79 Å². The van der Waals surface area contributed by atoms with Gasteiger partial charge in [-0.2, -0.15) is 0 Å². The van der Waals surface area contributed by atoms with E-state index in [1.165, 1.54) is 25.7 Å². The molecule has 0 amide bonds. The van der Waals surface area contributed by atoms with Crippen molar-refractivity contribution in [2.75, 3.05) is 26.4 Å². The van der Waals surface area contributed by atoms with Crippen LogP contribution >= 0.6 is 0 Å². The number of esters is 1. The van der Waals surface area contributed by atoms with Gasteiger partial charge in [-0.3, -0.25) is 0 Å². The summed E-state index contributed by atoms with van der Waals surface area (Å²) in [5.74, 6) is -1.15. The molecule has 0 aromatic heterocycles. The largest absolute Gasteiger partial charge is 0.462 e. The molecule has 5 heteroatoms. The fourth-order valence-electron chi connectivity index (χ4n) is 2.79. The Balaban J connectivity index is 3.66. The van der Waals surface area contributed by atoms with Crippen molar-refractivity contribution in [1.29, 1.82) is 0 Å². The molecule has 0 rings (SSSR count). The number of carbonyl (C=O) groups is 1. The topological polar surface area (TPSA) is 54.0 Å². The van der Waals surface area contributed by atoms with Crippen LogP contribution in [0.1, 0.15) is 85.5 Å². The molecule has 0 atom stereocenters. The van der Waals surface area contributed by atoms with Gasteiger partial charge in [0, 0.05) is 31.8 Å². The molecule has 0 fully saturated rings. The van der Waals surface area contributed by atoms with E-state index in [0.717, 1.165) is 32.1 Å². The maximum atomic E-state index is 11.2. The van der Waals surface area contributed by atoms with E-state index >= 15 is 0 Å². The summed E-state index contributed by atoms with van der Waals surface area (Å²) < 4.78 is 22.3. The van der Waals surface area contributed by atoms with Crippen molar-refractivity contribution in [2.45, 2.75) is 91.5 Å². The highest BCUT2D eigenvalue weighted by atomic mass is 16.9. The van der Waals surface area contributed by atoms with E-state index in [1.807, 2.05) is 20.8 Å². The SMILES string of the molecule is C=C(C)C(=O)OCCCCCCCCCCC(OCC)(OCC)OCC. The molecule has 26 heavy (non-hydrogen) atoms. The van der Waals surface area contributed by atoms with Crippen molar-refractivity contribution < 1.29 is 23.7 Å². The first kappa shape index (κ1) is 25.1. The molecule has 0 saturated heterocycles. The molecule has 5 nitrogen and oxygen atoms in total. The Morgan fingerprint density at radius 1 is 0.769 bits per heavy atom. The van der Waals surface area contributed by atoms with Crippen LogP contribution in [0.2, 0.25) is 0 Å². The number of unbranched alkanes of at least 4 members (excludes halogenated alkanes) is 7. The smallest absolute Gasteiger partial charge is 0.333 e. The molecule has 0 heterocycles. The van der Waals surface area contributed by atoms with E-state index in [0.29, 0.717) is 32.0 Å². The summed E-state index contributed by atoms with van der Waals surface area (Å²) in [5, 5.41) is 0. The van der Waals surface area contributed by atoms with Crippen LogP contribution in [0.4, 0.5) is 0 Å². The van der Waals surface area contributed by atoms with E-state index < -0.39 is 5.97 Å². The van der Waals surface area contributed by atoms with E-state index in [4.69, 9.17) is 18.9 Å². The molecule has 0 aliphatic carbocycles. The highest BCUT2D eigenvalue weighted by Crippen LogP contribution is 2.24. The minimum atomic E-state index is -0.862. The van der Waals surface area contributed by atoms with Gasteiger partial charge in [0.05, 0.1) is 6.61 Å². The van der Waals surface area contributed by atoms with Crippen LogP contribution in [0.3, 0.4) is 0 Å². The normalized spacial score (nSPS) is 11.5. The van der Waals surface area contributed by atoms with E-state index in [2.05, 4.69) is 6.58 Å². The van der Waals surface area contributed by atoms with Crippen LogP contribution in [0.5, 0.6) is 0 Å². The van der Waals surface area contributed by atoms with Gasteiger partial charge in [0.25, 0.3) is 5.97 Å². The first-order chi connectivity index (χ1) is 12.5. The fraction of sp³-hybridized carbons (Fsp3) is 0.857. The summed E-state index contributed by atoms with van der Waals surface area (Å²) in [5.41, 5.74) is 0.465. The minimum absolute atomic E-state index is 0.285. The molecule has 0 aromatic rings. The summed E-state index contributed by atoms with van der Waals surface area (Å²) in [4.78, 5) is 11.2. The van der Waals surface area contributed by atoms with Gasteiger partial charge >= 0.3 is 5.97 Å². The highest BCUT2D eigenvalue weighted by Gasteiger charge is 2.31. The summed E-state index contributed by atoms with van der Waals surface area (Å²) in [6.45, 7) is 13.4. The molecular weight excluding hydrogens is 332 g/mol. The van der Waals surface area contributed by atoms with Crippen molar-refractivity contribution in [3.05, 3.63) is 12.2 Å². The molecule has 0 N–H and O–H groups in total. The van der Waals surface area contributed by atoms with E-state index in [-0.39, 0.29) is 5.97 Å². The molecule has 0 bridgehead atoms. The Morgan fingerprint density at radius 2 is 1.19 bits per heavy atom. The number of carbonyl (C=O) groups excluding carboxylic acids is 1. The maximum absolute atomic E-state index is 11.2.